The van der Waals surface area contributed by atoms with E-state index in [2.05, 4.69) is 42.3 Å². The summed E-state index contributed by atoms with van der Waals surface area (Å²) in [5.41, 5.74) is 7.39. The first-order valence-electron chi connectivity index (χ1n) is 6.86. The number of hydrogen-bond acceptors (Lipinski definition) is 3. The zero-order chi connectivity index (χ0) is 13.0. The molecule has 18 heavy (non-hydrogen) atoms. The number of thioether (sulfide) groups is 1. The molecule has 2 nitrogen and oxygen atoms in total. The molecule has 2 rings (SSSR count). The molecule has 0 radical (unpaired) electrons. The summed E-state index contributed by atoms with van der Waals surface area (Å²) in [6.07, 6.45) is 6.09. The van der Waals surface area contributed by atoms with Crippen LogP contribution < -0.4 is 5.73 Å². The summed E-state index contributed by atoms with van der Waals surface area (Å²) in [5, 5.41) is 0. The van der Waals surface area contributed by atoms with Gasteiger partial charge in [0.05, 0.1) is 0 Å². The summed E-state index contributed by atoms with van der Waals surface area (Å²) in [4.78, 5) is 3.90. The molecule has 2 N–H and O–H groups in total. The molecule has 1 aliphatic heterocycles. The van der Waals surface area contributed by atoms with Crippen LogP contribution in [0.5, 0.6) is 0 Å². The highest BCUT2D eigenvalue weighted by molar-refractivity contribution is 7.98. The lowest BCUT2D eigenvalue weighted by atomic mass is 9.97. The van der Waals surface area contributed by atoms with E-state index in [-0.39, 0.29) is 0 Å². The minimum atomic E-state index is 0.385. The maximum absolute atomic E-state index is 6.02. The predicted octanol–water partition coefficient (Wildman–Crippen LogP) is 3.28. The minimum Gasteiger partial charge on any atom is -0.329 e. The van der Waals surface area contributed by atoms with Crippen LogP contribution in [0.4, 0.5) is 0 Å². The fourth-order valence-electron chi connectivity index (χ4n) is 2.87. The smallest absolute Gasteiger partial charge is 0.0473 e. The largest absolute Gasteiger partial charge is 0.329 e. The Labute approximate surface area is 115 Å². The van der Waals surface area contributed by atoms with Crippen molar-refractivity contribution < 1.29 is 0 Å². The van der Waals surface area contributed by atoms with Crippen molar-refractivity contribution in [1.29, 1.82) is 0 Å². The van der Waals surface area contributed by atoms with Crippen molar-refractivity contribution in [2.75, 3.05) is 19.3 Å². The third-order valence-electron chi connectivity index (χ3n) is 3.98. The van der Waals surface area contributed by atoms with E-state index in [1.54, 1.807) is 11.8 Å². The molecule has 1 heterocycles. The molecular formula is C15H24N2S. The molecule has 0 aromatic heterocycles. The Morgan fingerprint density at radius 3 is 2.61 bits per heavy atom. The second-order valence-corrected chi connectivity index (χ2v) is 5.99. The second kappa shape index (κ2) is 6.60. The van der Waals surface area contributed by atoms with Gasteiger partial charge >= 0.3 is 0 Å². The van der Waals surface area contributed by atoms with Gasteiger partial charge in [-0.1, -0.05) is 18.6 Å². The normalized spacial score (nSPS) is 22.9. The number of hydrogen-bond donors (Lipinski definition) is 1. The zero-order valence-electron chi connectivity index (χ0n) is 11.4. The number of rotatable bonds is 4. The summed E-state index contributed by atoms with van der Waals surface area (Å²) in [6.45, 7) is 4.23. The average Bonchev–Trinajstić information content (AvgIpc) is 2.42. The lowest BCUT2D eigenvalue weighted by Crippen LogP contribution is -2.43. The summed E-state index contributed by atoms with van der Waals surface area (Å²) >= 11 is 1.79. The number of nitrogens with zero attached hydrogens (tertiary/aromatic N) is 1. The Morgan fingerprint density at radius 1 is 1.33 bits per heavy atom. The Hall–Kier alpha value is -0.510. The van der Waals surface area contributed by atoms with E-state index in [4.69, 9.17) is 5.73 Å². The standard InChI is InChI=1S/C15H24N2S/c1-12-5-3-4-10-17(12)15(11-16)13-6-8-14(18-2)9-7-13/h6-9,12,15H,3-5,10-11,16H2,1-2H3. The molecule has 1 aromatic rings. The molecule has 0 amide bonds. The SMILES string of the molecule is CSc1ccc(C(CN)N2CCCCC2C)cc1. The van der Waals surface area contributed by atoms with Crippen molar-refractivity contribution in [2.24, 2.45) is 5.73 Å². The highest BCUT2D eigenvalue weighted by Gasteiger charge is 2.26. The van der Waals surface area contributed by atoms with Crippen molar-refractivity contribution >= 4 is 11.8 Å². The summed E-state index contributed by atoms with van der Waals surface area (Å²) < 4.78 is 0. The van der Waals surface area contributed by atoms with Crippen LogP contribution in [-0.4, -0.2) is 30.3 Å². The molecule has 3 heteroatoms. The number of nitrogens with two attached hydrogens (primary N) is 1. The summed E-state index contributed by atoms with van der Waals surface area (Å²) in [7, 11) is 0. The van der Waals surface area contributed by atoms with Crippen molar-refractivity contribution in [2.45, 2.75) is 43.2 Å². The fourth-order valence-corrected chi connectivity index (χ4v) is 3.28. The van der Waals surface area contributed by atoms with Crippen LogP contribution in [0, 0.1) is 0 Å². The Kier molecular flexibility index (Phi) is 5.10. The van der Waals surface area contributed by atoms with Crippen molar-refractivity contribution in [3.8, 4) is 0 Å². The first-order chi connectivity index (χ1) is 8.76. The Morgan fingerprint density at radius 2 is 2.06 bits per heavy atom. The van der Waals surface area contributed by atoms with Crippen LogP contribution >= 0.6 is 11.8 Å². The van der Waals surface area contributed by atoms with Gasteiger partial charge < -0.3 is 5.73 Å². The van der Waals surface area contributed by atoms with E-state index < -0.39 is 0 Å². The minimum absolute atomic E-state index is 0.385. The number of likely N-dealkylation sites (tertiary alicyclic amines) is 1. The van der Waals surface area contributed by atoms with Crippen molar-refractivity contribution in [1.82, 2.24) is 4.90 Å². The molecule has 1 fully saturated rings. The van der Waals surface area contributed by atoms with Gasteiger partial charge in [-0.15, -0.1) is 11.8 Å². The first-order valence-corrected chi connectivity index (χ1v) is 8.08. The van der Waals surface area contributed by atoms with Crippen LogP contribution in [0.1, 0.15) is 37.8 Å². The fraction of sp³-hybridized carbons (Fsp3) is 0.600. The monoisotopic (exact) mass is 264 g/mol. The highest BCUT2D eigenvalue weighted by atomic mass is 32.2. The van der Waals surface area contributed by atoms with Gasteiger partial charge in [0.1, 0.15) is 0 Å². The Balaban J connectivity index is 2.15. The van der Waals surface area contributed by atoms with Crippen LogP contribution in [0.25, 0.3) is 0 Å². The van der Waals surface area contributed by atoms with Crippen molar-refractivity contribution in [3.63, 3.8) is 0 Å². The zero-order valence-corrected chi connectivity index (χ0v) is 12.2. The van der Waals surface area contributed by atoms with Gasteiger partial charge in [0.25, 0.3) is 0 Å². The topological polar surface area (TPSA) is 29.3 Å². The van der Waals surface area contributed by atoms with Gasteiger partial charge in [0, 0.05) is 23.5 Å². The van der Waals surface area contributed by atoms with E-state index in [9.17, 15) is 0 Å². The van der Waals surface area contributed by atoms with Crippen molar-refractivity contribution in [3.05, 3.63) is 29.8 Å². The van der Waals surface area contributed by atoms with Crippen LogP contribution in [0.2, 0.25) is 0 Å². The van der Waals surface area contributed by atoms with Crippen LogP contribution in [0.3, 0.4) is 0 Å². The molecule has 0 spiro atoms. The molecule has 0 bridgehead atoms. The van der Waals surface area contributed by atoms with E-state index in [0.29, 0.717) is 18.6 Å². The molecule has 2 unspecified atom stereocenters. The maximum atomic E-state index is 6.02. The van der Waals surface area contributed by atoms with Gasteiger partial charge in [0.2, 0.25) is 0 Å². The van der Waals surface area contributed by atoms with Gasteiger partial charge in [-0.3, -0.25) is 4.90 Å². The molecule has 2 atom stereocenters. The molecule has 0 aliphatic carbocycles. The van der Waals surface area contributed by atoms with Gasteiger partial charge in [-0.2, -0.15) is 0 Å². The predicted molar refractivity (Wildman–Crippen MR) is 80.0 cm³/mol. The first kappa shape index (κ1) is 13.9. The second-order valence-electron chi connectivity index (χ2n) is 5.11. The van der Waals surface area contributed by atoms with Crippen LogP contribution in [-0.2, 0) is 0 Å². The molecule has 1 saturated heterocycles. The molecule has 1 aliphatic rings. The molecular weight excluding hydrogens is 240 g/mol. The van der Waals surface area contributed by atoms with Gasteiger partial charge in [-0.05, 0) is 50.3 Å². The average molecular weight is 264 g/mol. The third kappa shape index (κ3) is 3.08. The third-order valence-corrected chi connectivity index (χ3v) is 4.72. The number of piperidine rings is 1. The summed E-state index contributed by atoms with van der Waals surface area (Å²) in [6, 6.07) is 9.94. The van der Waals surface area contributed by atoms with E-state index in [1.165, 1.54) is 36.3 Å². The van der Waals surface area contributed by atoms with E-state index >= 15 is 0 Å². The van der Waals surface area contributed by atoms with Crippen LogP contribution in [0.15, 0.2) is 29.2 Å². The maximum Gasteiger partial charge on any atom is 0.0473 e. The Bertz CT molecular complexity index is 363. The quantitative estimate of drug-likeness (QED) is 0.846. The molecule has 100 valence electrons. The summed E-state index contributed by atoms with van der Waals surface area (Å²) in [5.74, 6) is 0. The van der Waals surface area contributed by atoms with E-state index in [0.717, 1.165) is 0 Å². The van der Waals surface area contributed by atoms with Gasteiger partial charge in [0.15, 0.2) is 0 Å². The van der Waals surface area contributed by atoms with Gasteiger partial charge in [-0.25, -0.2) is 0 Å². The van der Waals surface area contributed by atoms with E-state index in [1.807, 2.05) is 0 Å². The highest BCUT2D eigenvalue weighted by Crippen LogP contribution is 2.28. The lowest BCUT2D eigenvalue weighted by Gasteiger charge is -2.39. The lowest BCUT2D eigenvalue weighted by molar-refractivity contribution is 0.109. The number of benzene rings is 1. The molecule has 1 aromatic carbocycles. The molecule has 0 saturated carbocycles.